The van der Waals surface area contributed by atoms with E-state index in [0.717, 1.165) is 23.4 Å². The third-order valence-electron chi connectivity index (χ3n) is 5.43. The molecule has 1 spiro atoms. The summed E-state index contributed by atoms with van der Waals surface area (Å²) in [5, 5.41) is 3.35. The maximum absolute atomic E-state index is 14.1. The number of hydrogen-bond acceptors (Lipinski definition) is 5. The van der Waals surface area contributed by atoms with Gasteiger partial charge >= 0.3 is 0 Å². The normalized spacial score (nSPS) is 20.2. The first-order valence-electron chi connectivity index (χ1n) is 9.46. The lowest BCUT2D eigenvalue weighted by Crippen LogP contribution is -2.42. The molecule has 1 fully saturated rings. The Hall–Kier alpha value is -2.71. The van der Waals surface area contributed by atoms with Crippen molar-refractivity contribution >= 4 is 5.69 Å². The Balaban J connectivity index is 1.48. The zero-order valence-corrected chi connectivity index (χ0v) is 15.5. The molecule has 1 N–H and O–H groups in total. The summed E-state index contributed by atoms with van der Waals surface area (Å²) in [6, 6.07) is 7.60. The lowest BCUT2D eigenvalue weighted by molar-refractivity contribution is -0.133. The summed E-state index contributed by atoms with van der Waals surface area (Å²) in [4.78, 5) is 1.87. The number of nitrogens with zero attached hydrogens (tertiary/aromatic N) is 1. The fourth-order valence-electron chi connectivity index (χ4n) is 4.12. The van der Waals surface area contributed by atoms with Crippen LogP contribution in [0.25, 0.3) is 0 Å². The van der Waals surface area contributed by atoms with E-state index in [-0.39, 0.29) is 11.5 Å². The zero-order valence-electron chi connectivity index (χ0n) is 15.5. The molecule has 0 atom stereocenters. The van der Waals surface area contributed by atoms with Gasteiger partial charge in [0.15, 0.2) is 23.2 Å². The molecule has 1 saturated heterocycles. The first-order valence-corrected chi connectivity index (χ1v) is 9.46. The summed E-state index contributed by atoms with van der Waals surface area (Å²) in [6.45, 7) is 2.63. The standard InChI is InChI=1S/C21H19F3N2O3/c22-13-2-1-3-14(8-13)29-20-10-17(24)16(23)9-19(20)26-11-15-18(12-26)25-5-4-21(15)27-6-7-28-21/h1-3,8-10,25H,4-7,11-12H2. The maximum atomic E-state index is 14.1. The summed E-state index contributed by atoms with van der Waals surface area (Å²) < 4.78 is 59.1. The van der Waals surface area contributed by atoms with Gasteiger partial charge in [-0.15, -0.1) is 0 Å². The molecule has 29 heavy (non-hydrogen) atoms. The van der Waals surface area contributed by atoms with Gasteiger partial charge in [-0.25, -0.2) is 13.2 Å². The van der Waals surface area contributed by atoms with Gasteiger partial charge in [-0.05, 0) is 12.1 Å². The van der Waals surface area contributed by atoms with E-state index >= 15 is 0 Å². The predicted molar refractivity (Wildman–Crippen MR) is 99.3 cm³/mol. The van der Waals surface area contributed by atoms with Crippen LogP contribution in [0.5, 0.6) is 11.5 Å². The van der Waals surface area contributed by atoms with Crippen LogP contribution in [0.4, 0.5) is 18.9 Å². The molecule has 3 heterocycles. The van der Waals surface area contributed by atoms with Crippen molar-refractivity contribution in [2.75, 3.05) is 37.7 Å². The van der Waals surface area contributed by atoms with Crippen molar-refractivity contribution in [1.82, 2.24) is 5.32 Å². The summed E-state index contributed by atoms with van der Waals surface area (Å²) in [6.07, 6.45) is 0.685. The molecule has 2 aromatic carbocycles. The van der Waals surface area contributed by atoms with Crippen LogP contribution in [0.15, 0.2) is 47.7 Å². The lowest BCUT2D eigenvalue weighted by atomic mass is 9.98. The van der Waals surface area contributed by atoms with Gasteiger partial charge in [0.25, 0.3) is 0 Å². The second kappa shape index (κ2) is 6.96. The Bertz CT molecular complexity index is 989. The van der Waals surface area contributed by atoms with Crippen molar-refractivity contribution in [3.63, 3.8) is 0 Å². The average Bonchev–Trinajstić information content (AvgIpc) is 3.33. The van der Waals surface area contributed by atoms with Crippen LogP contribution in [0.2, 0.25) is 0 Å². The summed E-state index contributed by atoms with van der Waals surface area (Å²) in [7, 11) is 0. The van der Waals surface area contributed by atoms with Gasteiger partial charge in [0.2, 0.25) is 0 Å². The molecule has 3 aliphatic heterocycles. The van der Waals surface area contributed by atoms with Crippen molar-refractivity contribution in [3.8, 4) is 11.5 Å². The van der Waals surface area contributed by atoms with Crippen molar-refractivity contribution in [3.05, 3.63) is 65.1 Å². The second-order valence-corrected chi connectivity index (χ2v) is 7.23. The number of benzene rings is 2. The Morgan fingerprint density at radius 2 is 1.79 bits per heavy atom. The van der Waals surface area contributed by atoms with E-state index in [4.69, 9.17) is 14.2 Å². The lowest BCUT2D eigenvalue weighted by Gasteiger charge is -2.33. The van der Waals surface area contributed by atoms with Crippen molar-refractivity contribution in [2.24, 2.45) is 0 Å². The molecule has 0 radical (unpaired) electrons. The third kappa shape index (κ3) is 3.22. The fraction of sp³-hybridized carbons (Fsp3) is 0.333. The number of fused-ring (bicyclic) bond motifs is 1. The first-order chi connectivity index (χ1) is 14.0. The molecule has 5 nitrogen and oxygen atoms in total. The highest BCUT2D eigenvalue weighted by Crippen LogP contribution is 2.42. The van der Waals surface area contributed by atoms with Gasteiger partial charge in [-0.1, -0.05) is 6.07 Å². The third-order valence-corrected chi connectivity index (χ3v) is 5.43. The van der Waals surface area contributed by atoms with Gasteiger partial charge < -0.3 is 24.4 Å². The number of anilines is 1. The number of nitrogens with one attached hydrogen (secondary N) is 1. The Morgan fingerprint density at radius 3 is 2.59 bits per heavy atom. The van der Waals surface area contributed by atoms with Gasteiger partial charge in [0.1, 0.15) is 11.6 Å². The Morgan fingerprint density at radius 1 is 1.00 bits per heavy atom. The molecule has 152 valence electrons. The largest absolute Gasteiger partial charge is 0.455 e. The Kier molecular flexibility index (Phi) is 4.40. The number of ether oxygens (including phenoxy) is 3. The van der Waals surface area contributed by atoms with E-state index in [2.05, 4.69) is 5.32 Å². The molecule has 2 aromatic rings. The van der Waals surface area contributed by atoms with Crippen molar-refractivity contribution in [2.45, 2.75) is 12.2 Å². The monoisotopic (exact) mass is 404 g/mol. The minimum absolute atomic E-state index is 0.108. The predicted octanol–water partition coefficient (Wildman–Crippen LogP) is 3.71. The van der Waals surface area contributed by atoms with Crippen LogP contribution in [-0.4, -0.2) is 38.6 Å². The fourth-order valence-corrected chi connectivity index (χ4v) is 4.12. The molecular formula is C21H19F3N2O3. The minimum Gasteiger partial charge on any atom is -0.455 e. The van der Waals surface area contributed by atoms with Crippen molar-refractivity contribution < 1.29 is 27.4 Å². The maximum Gasteiger partial charge on any atom is 0.196 e. The number of hydrogen-bond donors (Lipinski definition) is 1. The smallest absolute Gasteiger partial charge is 0.196 e. The van der Waals surface area contributed by atoms with E-state index in [1.165, 1.54) is 18.2 Å². The van der Waals surface area contributed by atoms with Crippen LogP contribution in [0, 0.1) is 17.5 Å². The molecule has 0 saturated carbocycles. The topological polar surface area (TPSA) is 43.0 Å². The van der Waals surface area contributed by atoms with E-state index in [9.17, 15) is 13.2 Å². The number of rotatable bonds is 3. The van der Waals surface area contributed by atoms with E-state index in [1.807, 2.05) is 4.90 Å². The molecular weight excluding hydrogens is 385 g/mol. The van der Waals surface area contributed by atoms with Gasteiger partial charge in [-0.3, -0.25) is 0 Å². The molecule has 0 aromatic heterocycles. The first kappa shape index (κ1) is 18.3. The summed E-state index contributed by atoms with van der Waals surface area (Å²) in [5.41, 5.74) is 2.29. The Labute approximate surface area is 165 Å². The van der Waals surface area contributed by atoms with Crippen molar-refractivity contribution in [1.29, 1.82) is 0 Å². The molecule has 5 rings (SSSR count). The molecule has 0 amide bonds. The van der Waals surface area contributed by atoms with E-state index in [1.54, 1.807) is 6.07 Å². The quantitative estimate of drug-likeness (QED) is 0.845. The van der Waals surface area contributed by atoms with Crippen LogP contribution in [-0.2, 0) is 9.47 Å². The summed E-state index contributed by atoms with van der Waals surface area (Å²) in [5.74, 6) is -2.94. The molecule has 0 bridgehead atoms. The number of halogens is 3. The minimum atomic E-state index is -1.03. The van der Waals surface area contributed by atoms with Crippen LogP contribution in [0.3, 0.4) is 0 Å². The van der Waals surface area contributed by atoms with Gasteiger partial charge in [0.05, 0.1) is 25.4 Å². The average molecular weight is 404 g/mol. The van der Waals surface area contributed by atoms with Crippen LogP contribution < -0.4 is 15.0 Å². The molecule has 0 aliphatic carbocycles. The molecule has 0 unspecified atom stereocenters. The van der Waals surface area contributed by atoms with E-state index in [0.29, 0.717) is 45.0 Å². The molecule has 8 heteroatoms. The summed E-state index contributed by atoms with van der Waals surface area (Å²) >= 11 is 0. The van der Waals surface area contributed by atoms with Gasteiger partial charge in [0, 0.05) is 49.0 Å². The SMILES string of the molecule is Fc1cccc(Oc2cc(F)c(F)cc2N2CC3=C(C2)C2(CCN3)OCCO2)c1. The zero-order chi connectivity index (χ0) is 20.0. The van der Waals surface area contributed by atoms with Crippen LogP contribution in [0.1, 0.15) is 6.42 Å². The molecule has 3 aliphatic rings. The van der Waals surface area contributed by atoms with Gasteiger partial charge in [-0.2, -0.15) is 0 Å². The highest BCUT2D eigenvalue weighted by Gasteiger charge is 2.47. The highest BCUT2D eigenvalue weighted by molar-refractivity contribution is 5.63. The van der Waals surface area contributed by atoms with Crippen LogP contribution >= 0.6 is 0 Å². The second-order valence-electron chi connectivity index (χ2n) is 7.23. The van der Waals surface area contributed by atoms with E-state index < -0.39 is 23.2 Å². The highest BCUT2D eigenvalue weighted by atomic mass is 19.2.